The fourth-order valence-corrected chi connectivity index (χ4v) is 6.11. The van der Waals surface area contributed by atoms with Crippen molar-refractivity contribution >= 4 is 51.3 Å². The van der Waals surface area contributed by atoms with Crippen molar-refractivity contribution < 1.29 is 28.9 Å². The summed E-state index contributed by atoms with van der Waals surface area (Å²) in [6.45, 7) is 8.89. The summed E-state index contributed by atoms with van der Waals surface area (Å²) >= 11 is 1.21. The van der Waals surface area contributed by atoms with Gasteiger partial charge >= 0.3 is 5.97 Å². The van der Waals surface area contributed by atoms with E-state index in [1.54, 1.807) is 19.1 Å². The molecule has 2 aliphatic heterocycles. The van der Waals surface area contributed by atoms with Crippen LogP contribution in [-0.2, 0) is 32.0 Å². The van der Waals surface area contributed by atoms with Crippen LogP contribution in [0.15, 0.2) is 69.9 Å². The lowest BCUT2D eigenvalue weighted by Crippen LogP contribution is -2.42. The maximum absolute atomic E-state index is 13.2. The Labute approximate surface area is 249 Å². The SMILES string of the molecule is CCOC(=O)C1=C(O)/C(=C/c2cn(CC(=O)N3CCOCC3)c3c(CC)cccc23)SC1=Nc1ccc(OCC)cc1. The molecule has 5 rings (SSSR count). The fraction of sp³-hybridized carbons (Fsp3) is 0.344. The Hall–Kier alpha value is -4.02. The molecule has 3 aromatic rings. The van der Waals surface area contributed by atoms with Crippen molar-refractivity contribution in [2.24, 2.45) is 4.99 Å². The van der Waals surface area contributed by atoms with E-state index in [0.29, 0.717) is 48.5 Å². The molecule has 1 saturated heterocycles. The number of morpholine rings is 1. The minimum absolute atomic E-state index is 0.0301. The quantitative estimate of drug-likeness (QED) is 0.322. The van der Waals surface area contributed by atoms with Crippen LogP contribution in [0, 0.1) is 0 Å². The molecule has 0 atom stereocenters. The van der Waals surface area contributed by atoms with Crippen LogP contribution >= 0.6 is 11.8 Å². The summed E-state index contributed by atoms with van der Waals surface area (Å²) in [5, 5.41) is 12.6. The van der Waals surface area contributed by atoms with E-state index in [0.717, 1.165) is 34.2 Å². The maximum atomic E-state index is 13.2. The molecule has 3 heterocycles. The van der Waals surface area contributed by atoms with Gasteiger partial charge in [0.05, 0.1) is 42.5 Å². The largest absolute Gasteiger partial charge is 0.506 e. The number of carbonyl (C=O) groups excluding carboxylic acids is 2. The van der Waals surface area contributed by atoms with Gasteiger partial charge in [-0.2, -0.15) is 0 Å². The number of fused-ring (bicyclic) bond motifs is 1. The monoisotopic (exact) mass is 589 g/mol. The topological polar surface area (TPSA) is 103 Å². The first-order valence-electron chi connectivity index (χ1n) is 14.2. The Bertz CT molecular complexity index is 1560. The molecule has 0 aliphatic carbocycles. The molecular weight excluding hydrogens is 554 g/mol. The van der Waals surface area contributed by atoms with E-state index >= 15 is 0 Å². The zero-order valence-electron chi connectivity index (χ0n) is 24.1. The fourth-order valence-electron chi connectivity index (χ4n) is 5.08. The Kier molecular flexibility index (Phi) is 9.34. The Balaban J connectivity index is 1.54. The number of aryl methyl sites for hydroxylation is 1. The third-order valence-electron chi connectivity index (χ3n) is 7.10. The lowest BCUT2D eigenvalue weighted by Gasteiger charge is -2.27. The van der Waals surface area contributed by atoms with Crippen LogP contribution < -0.4 is 4.74 Å². The summed E-state index contributed by atoms with van der Waals surface area (Å²) in [7, 11) is 0. The van der Waals surface area contributed by atoms with E-state index in [-0.39, 0.29) is 30.4 Å². The lowest BCUT2D eigenvalue weighted by molar-refractivity contribution is -0.138. The van der Waals surface area contributed by atoms with Gasteiger partial charge in [-0.05, 0) is 56.2 Å². The van der Waals surface area contributed by atoms with Crippen molar-refractivity contribution in [1.82, 2.24) is 9.47 Å². The molecule has 1 fully saturated rings. The highest BCUT2D eigenvalue weighted by Gasteiger charge is 2.33. The van der Waals surface area contributed by atoms with Crippen molar-refractivity contribution in [2.75, 3.05) is 39.5 Å². The predicted octanol–water partition coefficient (Wildman–Crippen LogP) is 5.65. The molecule has 0 unspecified atom stereocenters. The molecule has 2 aliphatic rings. The smallest absolute Gasteiger partial charge is 0.344 e. The lowest BCUT2D eigenvalue weighted by atomic mass is 10.1. The number of aromatic nitrogens is 1. The molecule has 10 heteroatoms. The first-order valence-corrected chi connectivity index (χ1v) is 15.0. The molecule has 220 valence electrons. The van der Waals surface area contributed by atoms with E-state index in [9.17, 15) is 14.7 Å². The number of aliphatic imine (C=N–C) groups is 1. The number of carbonyl (C=O) groups is 2. The van der Waals surface area contributed by atoms with Gasteiger partial charge in [0.25, 0.3) is 0 Å². The van der Waals surface area contributed by atoms with Gasteiger partial charge < -0.3 is 28.8 Å². The van der Waals surface area contributed by atoms with Crippen LogP contribution in [0.2, 0.25) is 0 Å². The summed E-state index contributed by atoms with van der Waals surface area (Å²) in [4.78, 5) is 33.1. The van der Waals surface area contributed by atoms with Gasteiger partial charge in [-0.25, -0.2) is 9.79 Å². The number of esters is 1. The first-order chi connectivity index (χ1) is 20.4. The molecule has 0 saturated carbocycles. The van der Waals surface area contributed by atoms with Crippen LogP contribution in [0.5, 0.6) is 5.75 Å². The van der Waals surface area contributed by atoms with Gasteiger partial charge in [-0.15, -0.1) is 0 Å². The van der Waals surface area contributed by atoms with Crippen LogP contribution in [0.1, 0.15) is 31.9 Å². The minimum atomic E-state index is -0.637. The molecule has 2 aromatic carbocycles. The molecule has 1 amide bonds. The number of para-hydroxylation sites is 1. The zero-order chi connectivity index (χ0) is 29.6. The molecule has 0 bridgehead atoms. The molecule has 42 heavy (non-hydrogen) atoms. The van der Waals surface area contributed by atoms with Gasteiger partial charge in [-0.3, -0.25) is 4.79 Å². The van der Waals surface area contributed by atoms with E-state index in [1.165, 1.54) is 11.8 Å². The highest BCUT2D eigenvalue weighted by molar-refractivity contribution is 8.18. The van der Waals surface area contributed by atoms with Crippen LogP contribution in [-0.4, -0.2) is 71.0 Å². The van der Waals surface area contributed by atoms with Gasteiger partial charge in [0, 0.05) is 30.2 Å². The molecular formula is C32H35N3O6S. The number of hydrogen-bond acceptors (Lipinski definition) is 8. The van der Waals surface area contributed by atoms with Crippen molar-refractivity contribution in [1.29, 1.82) is 0 Å². The van der Waals surface area contributed by atoms with Gasteiger partial charge in [0.15, 0.2) is 0 Å². The summed E-state index contributed by atoms with van der Waals surface area (Å²) in [5.74, 6) is -0.0600. The van der Waals surface area contributed by atoms with Crippen molar-refractivity contribution in [3.63, 3.8) is 0 Å². The van der Waals surface area contributed by atoms with E-state index in [2.05, 4.69) is 18.0 Å². The number of aliphatic hydroxyl groups excluding tert-OH is 1. The van der Waals surface area contributed by atoms with Crippen molar-refractivity contribution in [2.45, 2.75) is 33.7 Å². The molecule has 9 nitrogen and oxygen atoms in total. The Morgan fingerprint density at radius 3 is 2.52 bits per heavy atom. The van der Waals surface area contributed by atoms with E-state index in [4.69, 9.17) is 14.2 Å². The number of amides is 1. The number of hydrogen-bond donors (Lipinski definition) is 1. The standard InChI is InChI=1S/C32H35N3O6S/c1-4-21-8-7-9-25-22(19-35(29(21)25)20-27(36)34-14-16-39-17-15-34)18-26-30(37)28(32(38)41-6-3)31(42-26)33-23-10-12-24(13-11-23)40-5-2/h7-13,18-19,37H,4-6,14-17,20H2,1-3H3/b26-18-,33-31?. The van der Waals surface area contributed by atoms with Crippen LogP contribution in [0.25, 0.3) is 17.0 Å². The molecule has 0 radical (unpaired) electrons. The average Bonchev–Trinajstić information content (AvgIpc) is 3.50. The summed E-state index contributed by atoms with van der Waals surface area (Å²) in [6.07, 6.45) is 4.58. The Morgan fingerprint density at radius 2 is 1.83 bits per heavy atom. The molecule has 0 spiro atoms. The third kappa shape index (κ3) is 6.24. The van der Waals surface area contributed by atoms with Crippen LogP contribution in [0.4, 0.5) is 5.69 Å². The second-order valence-electron chi connectivity index (χ2n) is 9.77. The number of rotatable bonds is 9. The van der Waals surface area contributed by atoms with Crippen molar-refractivity contribution in [3.8, 4) is 5.75 Å². The predicted molar refractivity (Wildman–Crippen MR) is 165 cm³/mol. The first kappa shape index (κ1) is 29.5. The van der Waals surface area contributed by atoms with E-state index in [1.807, 2.05) is 52.9 Å². The van der Waals surface area contributed by atoms with Gasteiger partial charge in [0.1, 0.15) is 28.7 Å². The zero-order valence-corrected chi connectivity index (χ0v) is 24.9. The Morgan fingerprint density at radius 1 is 1.07 bits per heavy atom. The summed E-state index contributed by atoms with van der Waals surface area (Å²) in [5.41, 5.74) is 3.57. The summed E-state index contributed by atoms with van der Waals surface area (Å²) < 4.78 is 18.2. The number of benzene rings is 2. The highest BCUT2D eigenvalue weighted by Crippen LogP contribution is 2.41. The van der Waals surface area contributed by atoms with Crippen LogP contribution in [0.3, 0.4) is 0 Å². The second kappa shape index (κ2) is 13.3. The van der Waals surface area contributed by atoms with Gasteiger partial charge in [-0.1, -0.05) is 36.9 Å². The number of thioether (sulfide) groups is 1. The molecule has 1 aromatic heterocycles. The number of aliphatic hydroxyl groups is 1. The number of nitrogens with zero attached hydrogens (tertiary/aromatic N) is 3. The normalized spacial score (nSPS) is 17.5. The number of ether oxygens (including phenoxy) is 3. The van der Waals surface area contributed by atoms with E-state index < -0.39 is 5.97 Å². The molecule has 1 N–H and O–H groups in total. The third-order valence-corrected chi connectivity index (χ3v) is 8.12. The highest BCUT2D eigenvalue weighted by atomic mass is 32.2. The second-order valence-corrected chi connectivity index (χ2v) is 10.8. The minimum Gasteiger partial charge on any atom is -0.506 e. The average molecular weight is 590 g/mol. The summed E-state index contributed by atoms with van der Waals surface area (Å²) in [6, 6.07) is 13.3. The maximum Gasteiger partial charge on any atom is 0.344 e. The van der Waals surface area contributed by atoms with Crippen molar-refractivity contribution in [3.05, 3.63) is 76.0 Å². The van der Waals surface area contributed by atoms with Gasteiger partial charge in [0.2, 0.25) is 5.91 Å².